The van der Waals surface area contributed by atoms with E-state index in [1.54, 1.807) is 11.3 Å². The Balaban J connectivity index is 1.39. The Morgan fingerprint density at radius 3 is 2.74 bits per heavy atom. The van der Waals surface area contributed by atoms with E-state index in [0.717, 1.165) is 65.6 Å². The molecule has 7 nitrogen and oxygen atoms in total. The van der Waals surface area contributed by atoms with Gasteiger partial charge in [-0.05, 0) is 37.3 Å². The number of carbonyl (C=O) groups excluding carboxylic acids is 1. The maximum Gasteiger partial charge on any atom is 0.226 e. The topological polar surface area (TPSA) is 72.6 Å². The zero-order valence-corrected chi connectivity index (χ0v) is 21.2. The van der Waals surface area contributed by atoms with Crippen LogP contribution in [0, 0.1) is 5.92 Å². The maximum atomic E-state index is 13.4. The van der Waals surface area contributed by atoms with E-state index in [2.05, 4.69) is 27.8 Å². The minimum atomic E-state index is -0.345. The van der Waals surface area contributed by atoms with Crippen molar-refractivity contribution >= 4 is 34.6 Å². The van der Waals surface area contributed by atoms with E-state index in [4.69, 9.17) is 21.3 Å². The molecule has 7 rings (SSSR count). The van der Waals surface area contributed by atoms with E-state index in [0.29, 0.717) is 31.3 Å². The molecule has 2 aromatic heterocycles. The first-order chi connectivity index (χ1) is 17.1. The molecule has 0 N–H and O–H groups in total. The first kappa shape index (κ1) is 21.7. The maximum absolute atomic E-state index is 13.4. The number of fused-ring (bicyclic) bond motifs is 6. The average molecular weight is 508 g/mol. The molecule has 4 aliphatic rings. The molecule has 35 heavy (non-hydrogen) atoms. The van der Waals surface area contributed by atoms with Gasteiger partial charge in [-0.2, -0.15) is 0 Å². The van der Waals surface area contributed by atoms with Gasteiger partial charge < -0.3 is 9.64 Å². The summed E-state index contributed by atoms with van der Waals surface area (Å²) in [4.78, 5) is 22.0. The number of aliphatic imine (C=N–C) groups is 1. The average Bonchev–Trinajstić information content (AvgIpc) is 3.22. The molecular weight excluding hydrogens is 482 g/mol. The van der Waals surface area contributed by atoms with Crippen LogP contribution in [0.25, 0.3) is 5.00 Å². The van der Waals surface area contributed by atoms with Crippen LogP contribution in [0.4, 0.5) is 0 Å². The minimum absolute atomic E-state index is 0.0312. The molecule has 1 spiro atoms. The van der Waals surface area contributed by atoms with E-state index in [1.807, 2.05) is 23.1 Å². The number of carbonyl (C=O) groups is 1. The van der Waals surface area contributed by atoms with Gasteiger partial charge in [0.1, 0.15) is 16.4 Å². The number of aromatic nitrogens is 3. The number of aryl methyl sites for hydroxylation is 1. The fourth-order valence-electron chi connectivity index (χ4n) is 5.72. The number of morpholine rings is 1. The summed E-state index contributed by atoms with van der Waals surface area (Å²) in [6.07, 6.45) is 4.20. The highest BCUT2D eigenvalue weighted by molar-refractivity contribution is 7.15. The van der Waals surface area contributed by atoms with Crippen LogP contribution in [-0.4, -0.2) is 57.6 Å². The molecule has 2 fully saturated rings. The number of benzene rings is 1. The first-order valence-electron chi connectivity index (χ1n) is 12.4. The van der Waals surface area contributed by atoms with E-state index < -0.39 is 0 Å². The lowest BCUT2D eigenvalue weighted by molar-refractivity contribution is -0.139. The largest absolute Gasteiger partial charge is 0.378 e. The van der Waals surface area contributed by atoms with Gasteiger partial charge in [0.15, 0.2) is 5.82 Å². The van der Waals surface area contributed by atoms with Gasteiger partial charge in [0.2, 0.25) is 5.91 Å². The van der Waals surface area contributed by atoms with Crippen molar-refractivity contribution in [3.05, 3.63) is 62.5 Å². The lowest BCUT2D eigenvalue weighted by atomic mass is 9.97. The second kappa shape index (κ2) is 7.98. The van der Waals surface area contributed by atoms with Crippen LogP contribution >= 0.6 is 22.9 Å². The molecule has 1 atom stereocenters. The van der Waals surface area contributed by atoms with Crippen LogP contribution in [0.3, 0.4) is 0 Å². The summed E-state index contributed by atoms with van der Waals surface area (Å²) in [6, 6.07) is 7.96. The predicted molar refractivity (Wildman–Crippen MR) is 135 cm³/mol. The first-order valence-corrected chi connectivity index (χ1v) is 13.6. The lowest BCUT2D eigenvalue weighted by Gasteiger charge is -2.29. The number of hydrogen-bond donors (Lipinski definition) is 0. The quantitative estimate of drug-likeness (QED) is 0.538. The Bertz CT molecular complexity index is 1380. The number of hydrogen-bond acceptors (Lipinski definition) is 6. The monoisotopic (exact) mass is 507 g/mol. The molecule has 2 aliphatic carbocycles. The van der Waals surface area contributed by atoms with Crippen molar-refractivity contribution in [2.75, 3.05) is 26.3 Å². The van der Waals surface area contributed by atoms with Crippen molar-refractivity contribution in [3.63, 3.8) is 0 Å². The van der Waals surface area contributed by atoms with Crippen molar-refractivity contribution in [1.82, 2.24) is 19.7 Å². The van der Waals surface area contributed by atoms with Crippen LogP contribution in [0.1, 0.15) is 53.0 Å². The number of thiophene rings is 1. The summed E-state index contributed by atoms with van der Waals surface area (Å²) >= 11 is 8.53. The van der Waals surface area contributed by atoms with Crippen molar-refractivity contribution in [2.45, 2.75) is 44.6 Å². The SMILES string of the molecule is CCc1nnc2n1-c1sc3c(c1C(c1ccccc1Cl)=NC21CC1)C[C@H](C(=O)N1CCOCC1)C3. The molecule has 9 heteroatoms. The fourth-order valence-corrected chi connectivity index (χ4v) is 7.38. The molecular formula is C26H26ClN5O2S. The Hall–Kier alpha value is -2.55. The standard InChI is InChI=1S/C26H26ClN5O2S/c1-2-20-29-30-25-26(7-8-26)28-22(16-5-3-4-6-18(16)27)21-17-13-15(14-19(17)35-24(21)32(20)25)23(33)31-9-11-34-12-10-31/h3-6,15H,2,7-14H2,1H3/t15-/m0/s1. The van der Waals surface area contributed by atoms with Crippen molar-refractivity contribution in [3.8, 4) is 5.00 Å². The van der Waals surface area contributed by atoms with Crippen LogP contribution in [0.15, 0.2) is 29.3 Å². The molecule has 0 bridgehead atoms. The zero-order chi connectivity index (χ0) is 23.7. The Morgan fingerprint density at radius 2 is 2.00 bits per heavy atom. The van der Waals surface area contributed by atoms with Gasteiger partial charge in [0, 0.05) is 46.5 Å². The molecule has 3 aromatic rings. The van der Waals surface area contributed by atoms with Gasteiger partial charge in [-0.25, -0.2) is 0 Å². The number of nitrogens with zero attached hydrogens (tertiary/aromatic N) is 5. The smallest absolute Gasteiger partial charge is 0.226 e. The van der Waals surface area contributed by atoms with Gasteiger partial charge in [-0.3, -0.25) is 14.4 Å². The summed E-state index contributed by atoms with van der Waals surface area (Å²) in [7, 11) is 0. The number of ether oxygens (including phenoxy) is 1. The zero-order valence-electron chi connectivity index (χ0n) is 19.6. The van der Waals surface area contributed by atoms with Crippen molar-refractivity contribution in [1.29, 1.82) is 0 Å². The predicted octanol–water partition coefficient (Wildman–Crippen LogP) is 3.96. The Labute approximate surface area is 212 Å². The third-order valence-corrected chi connectivity index (χ3v) is 9.28. The summed E-state index contributed by atoms with van der Waals surface area (Å²) in [5.74, 6) is 2.12. The fraction of sp³-hybridized carbons (Fsp3) is 0.462. The van der Waals surface area contributed by atoms with E-state index in [-0.39, 0.29) is 17.4 Å². The summed E-state index contributed by atoms with van der Waals surface area (Å²) in [5, 5.41) is 11.0. The van der Waals surface area contributed by atoms with Gasteiger partial charge in [-0.1, -0.05) is 36.7 Å². The number of halogens is 1. The van der Waals surface area contributed by atoms with E-state index in [9.17, 15) is 4.79 Å². The third-order valence-electron chi connectivity index (χ3n) is 7.71. The minimum Gasteiger partial charge on any atom is -0.378 e. The molecule has 1 saturated carbocycles. The van der Waals surface area contributed by atoms with Crippen molar-refractivity contribution in [2.24, 2.45) is 10.9 Å². The highest BCUT2D eigenvalue weighted by Gasteiger charge is 2.52. The number of amides is 1. The van der Waals surface area contributed by atoms with Crippen LogP contribution in [0.5, 0.6) is 0 Å². The number of rotatable bonds is 3. The molecule has 180 valence electrons. The third kappa shape index (κ3) is 3.26. The highest BCUT2D eigenvalue weighted by atomic mass is 35.5. The summed E-state index contributed by atoms with van der Waals surface area (Å²) in [5.41, 5.74) is 3.90. The second-order valence-corrected chi connectivity index (χ2v) is 11.3. The molecule has 1 aromatic carbocycles. The van der Waals surface area contributed by atoms with E-state index in [1.165, 1.54) is 10.4 Å². The normalized spacial score (nSPS) is 21.8. The Kier molecular flexibility index (Phi) is 4.95. The lowest BCUT2D eigenvalue weighted by Crippen LogP contribution is -2.44. The molecule has 4 heterocycles. The molecule has 1 saturated heterocycles. The molecule has 0 radical (unpaired) electrons. The summed E-state index contributed by atoms with van der Waals surface area (Å²) in [6.45, 7) is 4.73. The Morgan fingerprint density at radius 1 is 1.20 bits per heavy atom. The molecule has 1 amide bonds. The van der Waals surface area contributed by atoms with E-state index >= 15 is 0 Å². The van der Waals surface area contributed by atoms with Crippen LogP contribution in [0.2, 0.25) is 5.02 Å². The second-order valence-electron chi connectivity index (χ2n) is 9.83. The van der Waals surface area contributed by atoms with Gasteiger partial charge >= 0.3 is 0 Å². The summed E-state index contributed by atoms with van der Waals surface area (Å²) < 4.78 is 7.72. The van der Waals surface area contributed by atoms with Crippen LogP contribution < -0.4 is 0 Å². The highest BCUT2D eigenvalue weighted by Crippen LogP contribution is 2.54. The van der Waals surface area contributed by atoms with Gasteiger partial charge in [0.25, 0.3) is 0 Å². The van der Waals surface area contributed by atoms with Crippen molar-refractivity contribution < 1.29 is 9.53 Å². The molecule has 2 aliphatic heterocycles. The van der Waals surface area contributed by atoms with Gasteiger partial charge in [0.05, 0.1) is 18.9 Å². The molecule has 0 unspecified atom stereocenters. The van der Waals surface area contributed by atoms with Gasteiger partial charge in [-0.15, -0.1) is 21.5 Å². The van der Waals surface area contributed by atoms with Crippen LogP contribution in [-0.2, 0) is 34.3 Å².